The van der Waals surface area contributed by atoms with Crippen molar-refractivity contribution in [3.8, 4) is 0 Å². The molecule has 0 bridgehead atoms. The number of sulfone groups is 1. The second-order valence-corrected chi connectivity index (χ2v) is 9.22. The Kier molecular flexibility index (Phi) is 4.55. The van der Waals surface area contributed by atoms with Crippen molar-refractivity contribution in [2.24, 2.45) is 4.40 Å². The zero-order valence-electron chi connectivity index (χ0n) is 13.6. The fourth-order valence-electron chi connectivity index (χ4n) is 2.41. The number of para-hydroxylation sites is 1. The first kappa shape index (κ1) is 18.1. The van der Waals surface area contributed by atoms with Crippen LogP contribution in [0.2, 0.25) is 0 Å². The van der Waals surface area contributed by atoms with Crippen LogP contribution in [0.3, 0.4) is 0 Å². The molecule has 1 heterocycles. The minimum atomic E-state index is -4.03. The summed E-state index contributed by atoms with van der Waals surface area (Å²) in [6, 6.07) is 10.5. The molecule has 8 nitrogen and oxygen atoms in total. The average molecular weight is 393 g/mol. The number of sulfonamides is 1. The minimum absolute atomic E-state index is 0.225. The van der Waals surface area contributed by atoms with E-state index in [0.717, 1.165) is 18.0 Å². The van der Waals surface area contributed by atoms with Crippen molar-refractivity contribution in [2.45, 2.75) is 16.7 Å². The molecule has 0 aromatic heterocycles. The van der Waals surface area contributed by atoms with Crippen molar-refractivity contribution in [3.05, 3.63) is 48.0 Å². The lowest BCUT2D eigenvalue weighted by molar-refractivity contribution is -0.113. The smallest absolute Gasteiger partial charge is 0.285 e. The van der Waals surface area contributed by atoms with Gasteiger partial charge in [0.05, 0.1) is 10.6 Å². The molecule has 1 amide bonds. The van der Waals surface area contributed by atoms with Crippen LogP contribution in [0.1, 0.15) is 5.56 Å². The first-order valence-corrected chi connectivity index (χ1v) is 10.6. The van der Waals surface area contributed by atoms with Gasteiger partial charge in [0.25, 0.3) is 10.0 Å². The van der Waals surface area contributed by atoms with Gasteiger partial charge in [0.1, 0.15) is 17.0 Å². The molecule has 2 N–H and O–H groups in total. The van der Waals surface area contributed by atoms with Crippen LogP contribution in [-0.2, 0) is 24.7 Å². The number of fused-ring (bicyclic) bond motifs is 1. The van der Waals surface area contributed by atoms with Crippen molar-refractivity contribution < 1.29 is 21.6 Å². The molecule has 1 aliphatic rings. The monoisotopic (exact) mass is 393 g/mol. The van der Waals surface area contributed by atoms with Crippen molar-refractivity contribution in [3.63, 3.8) is 0 Å². The highest BCUT2D eigenvalue weighted by molar-refractivity contribution is 7.92. The third-order valence-corrected chi connectivity index (χ3v) is 6.63. The summed E-state index contributed by atoms with van der Waals surface area (Å²) in [7, 11) is -8.00. The molecular weight excluding hydrogens is 378 g/mol. The Balaban J connectivity index is 1.85. The van der Waals surface area contributed by atoms with E-state index in [4.69, 9.17) is 0 Å². The number of anilines is 2. The van der Waals surface area contributed by atoms with Gasteiger partial charge in [-0.3, -0.25) is 4.79 Å². The highest BCUT2D eigenvalue weighted by Gasteiger charge is 2.26. The summed E-state index contributed by atoms with van der Waals surface area (Å²) < 4.78 is 52.2. The minimum Gasteiger partial charge on any atom is -0.345 e. The maximum Gasteiger partial charge on any atom is 0.285 e. The zero-order valence-corrected chi connectivity index (χ0v) is 15.3. The Bertz CT molecular complexity index is 1120. The normalized spacial score (nSPS) is 15.0. The number of benzene rings is 2. The van der Waals surface area contributed by atoms with Crippen LogP contribution in [0.4, 0.5) is 11.4 Å². The van der Waals surface area contributed by atoms with Gasteiger partial charge in [-0.25, -0.2) is 8.42 Å². The number of carbonyl (C=O) groups is 1. The lowest BCUT2D eigenvalue weighted by atomic mass is 10.2. The van der Waals surface area contributed by atoms with Gasteiger partial charge < -0.3 is 10.6 Å². The molecule has 0 aliphatic carbocycles. The number of amides is 1. The molecule has 0 radical (unpaired) electrons. The predicted molar refractivity (Wildman–Crippen MR) is 97.6 cm³/mol. The molecule has 1 aliphatic heterocycles. The Morgan fingerprint density at radius 2 is 1.92 bits per heavy atom. The van der Waals surface area contributed by atoms with Crippen LogP contribution in [0.5, 0.6) is 0 Å². The second-order valence-electron chi connectivity index (χ2n) is 5.63. The number of rotatable bonds is 4. The Morgan fingerprint density at radius 1 is 1.19 bits per heavy atom. The van der Waals surface area contributed by atoms with Crippen LogP contribution in [0, 0.1) is 6.92 Å². The lowest BCUT2D eigenvalue weighted by Crippen LogP contribution is -2.23. The van der Waals surface area contributed by atoms with Crippen molar-refractivity contribution in [2.75, 3.05) is 16.4 Å². The standard InChI is InChI=1S/C16H15N3O5S2/c1-11-4-2-3-5-13(11)19-16(20)9-25(21,22)12-6-7-14-15(8-12)26(23,24)18-10-17-14/h2-8,10H,9H2,1H3,(H,17,18)(H,19,20). The van der Waals surface area contributed by atoms with E-state index in [0.29, 0.717) is 5.69 Å². The summed E-state index contributed by atoms with van der Waals surface area (Å²) in [6.07, 6.45) is 1.02. The molecule has 0 saturated heterocycles. The van der Waals surface area contributed by atoms with E-state index < -0.39 is 31.5 Å². The molecular formula is C16H15N3O5S2. The average Bonchev–Trinajstić information content (AvgIpc) is 2.56. The molecule has 0 spiro atoms. The number of carbonyl (C=O) groups excluding carboxylic acids is 1. The van der Waals surface area contributed by atoms with Gasteiger partial charge in [0, 0.05) is 5.69 Å². The molecule has 2 aromatic carbocycles. The van der Waals surface area contributed by atoms with Crippen molar-refractivity contribution in [1.29, 1.82) is 0 Å². The van der Waals surface area contributed by atoms with Gasteiger partial charge in [-0.15, -0.1) is 4.40 Å². The van der Waals surface area contributed by atoms with Gasteiger partial charge in [0.15, 0.2) is 9.84 Å². The van der Waals surface area contributed by atoms with Crippen LogP contribution in [-0.4, -0.2) is 34.8 Å². The molecule has 0 atom stereocenters. The van der Waals surface area contributed by atoms with Crippen molar-refractivity contribution >= 4 is 43.5 Å². The molecule has 26 heavy (non-hydrogen) atoms. The SMILES string of the molecule is Cc1ccccc1NC(=O)CS(=O)(=O)c1ccc2c(c1)S(=O)(=O)N=CN2. The number of hydrogen-bond donors (Lipinski definition) is 2. The maximum atomic E-state index is 12.5. The summed E-state index contributed by atoms with van der Waals surface area (Å²) in [6.45, 7) is 1.78. The first-order valence-electron chi connectivity index (χ1n) is 7.47. The summed E-state index contributed by atoms with van der Waals surface area (Å²) in [5.41, 5.74) is 1.53. The van der Waals surface area contributed by atoms with Gasteiger partial charge in [-0.1, -0.05) is 18.2 Å². The molecule has 0 saturated carbocycles. The quantitative estimate of drug-likeness (QED) is 0.813. The Hall–Kier alpha value is -2.72. The number of nitrogens with zero attached hydrogens (tertiary/aromatic N) is 1. The van der Waals surface area contributed by atoms with E-state index in [1.807, 2.05) is 0 Å². The number of aryl methyl sites for hydroxylation is 1. The topological polar surface area (TPSA) is 122 Å². The maximum absolute atomic E-state index is 12.5. The number of hydrogen-bond acceptors (Lipinski definition) is 6. The summed E-state index contributed by atoms with van der Waals surface area (Å²) >= 11 is 0. The highest BCUT2D eigenvalue weighted by atomic mass is 32.2. The fourth-order valence-corrected chi connectivity index (χ4v) is 4.62. The summed E-state index contributed by atoms with van der Waals surface area (Å²) in [5.74, 6) is -1.52. The van der Waals surface area contributed by atoms with Crippen LogP contribution in [0.15, 0.2) is 56.7 Å². The van der Waals surface area contributed by atoms with E-state index in [-0.39, 0.29) is 15.5 Å². The van der Waals surface area contributed by atoms with Crippen LogP contribution < -0.4 is 10.6 Å². The first-order chi connectivity index (χ1) is 12.2. The van der Waals surface area contributed by atoms with E-state index in [2.05, 4.69) is 15.0 Å². The largest absolute Gasteiger partial charge is 0.345 e. The Labute approximate surface area is 150 Å². The van der Waals surface area contributed by atoms with E-state index >= 15 is 0 Å². The molecule has 2 aromatic rings. The number of nitrogens with one attached hydrogen (secondary N) is 2. The molecule has 0 unspecified atom stereocenters. The van der Waals surface area contributed by atoms with E-state index in [1.54, 1.807) is 31.2 Å². The fraction of sp³-hybridized carbons (Fsp3) is 0.125. The Morgan fingerprint density at radius 3 is 2.65 bits per heavy atom. The third-order valence-electron chi connectivity index (χ3n) is 3.74. The van der Waals surface area contributed by atoms with Gasteiger partial charge in [0.2, 0.25) is 5.91 Å². The van der Waals surface area contributed by atoms with Crippen LogP contribution in [0.25, 0.3) is 0 Å². The molecule has 10 heteroatoms. The van der Waals surface area contributed by atoms with Gasteiger partial charge >= 0.3 is 0 Å². The van der Waals surface area contributed by atoms with Crippen molar-refractivity contribution in [1.82, 2.24) is 0 Å². The molecule has 136 valence electrons. The predicted octanol–water partition coefficient (Wildman–Crippen LogP) is 1.55. The molecule has 3 rings (SSSR count). The van der Waals surface area contributed by atoms with Crippen LogP contribution >= 0.6 is 0 Å². The second kappa shape index (κ2) is 6.54. The zero-order chi connectivity index (χ0) is 18.9. The molecule has 0 fully saturated rings. The third kappa shape index (κ3) is 3.60. The van der Waals surface area contributed by atoms with E-state index in [9.17, 15) is 21.6 Å². The van der Waals surface area contributed by atoms with Gasteiger partial charge in [-0.05, 0) is 36.8 Å². The summed E-state index contributed by atoms with van der Waals surface area (Å²) in [4.78, 5) is 11.6. The summed E-state index contributed by atoms with van der Waals surface area (Å²) in [5, 5.41) is 5.17. The van der Waals surface area contributed by atoms with Gasteiger partial charge in [-0.2, -0.15) is 8.42 Å². The highest BCUT2D eigenvalue weighted by Crippen LogP contribution is 2.28. The van der Waals surface area contributed by atoms with E-state index in [1.165, 1.54) is 12.1 Å². The lowest BCUT2D eigenvalue weighted by Gasteiger charge is -2.14.